The second-order valence-electron chi connectivity index (χ2n) is 13.5. The van der Waals surface area contributed by atoms with Gasteiger partial charge in [0.25, 0.3) is 0 Å². The molecule has 10 aromatic rings. The topological polar surface area (TPSA) is 38.7 Å². The molecule has 2 heterocycles. The molecule has 9 heteroatoms. The van der Waals surface area contributed by atoms with Gasteiger partial charge in [-0.25, -0.2) is 15.0 Å². The van der Waals surface area contributed by atoms with Gasteiger partial charge in [-0.05, 0) is 67.7 Å². The van der Waals surface area contributed by atoms with Crippen molar-refractivity contribution in [3.63, 3.8) is 0 Å². The highest BCUT2D eigenvalue weighted by Crippen LogP contribution is 2.42. The summed E-state index contributed by atoms with van der Waals surface area (Å²) in [6, 6.07) is 46.8. The molecule has 0 amide bonds. The molecule has 0 bridgehead atoms. The summed E-state index contributed by atoms with van der Waals surface area (Å²) < 4.78 is 2.21. The third-order valence-corrected chi connectivity index (χ3v) is 11.6. The smallest absolute Gasteiger partial charge is 0.165 e. The van der Waals surface area contributed by atoms with E-state index in [0.29, 0.717) is 17.2 Å². The minimum atomic E-state index is 0.131. The number of hydrogen-bond acceptors (Lipinski definition) is 4. The summed E-state index contributed by atoms with van der Waals surface area (Å²) in [7, 11) is 31.7. The molecule has 0 aliphatic carbocycles. The van der Waals surface area contributed by atoms with Crippen LogP contribution in [0.5, 0.6) is 0 Å². The molecule has 0 spiro atoms. The van der Waals surface area contributed by atoms with E-state index < -0.39 is 0 Å². The maximum Gasteiger partial charge on any atom is 0.165 e. The fourth-order valence-corrected chi connectivity index (χ4v) is 8.85. The first-order valence-corrected chi connectivity index (χ1v) is 18.3. The molecule has 0 aliphatic rings. The molecule has 10 radical (unpaired) electrons. The Kier molecular flexibility index (Phi) is 7.64. The lowest BCUT2D eigenvalue weighted by molar-refractivity contribution is 1.08. The zero-order valence-electron chi connectivity index (χ0n) is 28.8. The van der Waals surface area contributed by atoms with Gasteiger partial charge in [-0.1, -0.05) is 120 Å². The lowest BCUT2D eigenvalue weighted by Gasteiger charge is -2.20. The lowest BCUT2D eigenvalue weighted by Crippen LogP contribution is -2.55. The highest BCUT2D eigenvalue weighted by molar-refractivity contribution is 7.26. The van der Waals surface area contributed by atoms with Crippen molar-refractivity contribution in [3.05, 3.63) is 133 Å². The van der Waals surface area contributed by atoms with Crippen LogP contribution in [0.25, 0.3) is 97.8 Å². The van der Waals surface area contributed by atoms with E-state index in [1.54, 1.807) is 11.3 Å². The number of aromatic nitrogens is 3. The first kappa shape index (κ1) is 32.7. The highest BCUT2D eigenvalue weighted by atomic mass is 32.1. The molecule has 0 saturated heterocycles. The largest absolute Gasteiger partial charge is 0.208 e. The van der Waals surface area contributed by atoms with Gasteiger partial charge in [0.15, 0.2) is 17.5 Å². The molecule has 0 aliphatic heterocycles. The van der Waals surface area contributed by atoms with E-state index in [2.05, 4.69) is 91.0 Å². The van der Waals surface area contributed by atoms with Crippen molar-refractivity contribution in [2.24, 2.45) is 0 Å². The molecule has 238 valence electrons. The second kappa shape index (κ2) is 12.6. The van der Waals surface area contributed by atoms with E-state index >= 15 is 0 Å². The molecular formula is C45H22B5N3S. The molecule has 0 fully saturated rings. The van der Waals surface area contributed by atoms with E-state index in [0.717, 1.165) is 42.4 Å². The summed E-state index contributed by atoms with van der Waals surface area (Å²) >= 11 is 1.70. The number of benzene rings is 8. The van der Waals surface area contributed by atoms with Gasteiger partial charge in [-0.2, -0.15) is 0 Å². The van der Waals surface area contributed by atoms with Crippen LogP contribution in [-0.2, 0) is 0 Å². The summed E-state index contributed by atoms with van der Waals surface area (Å²) in [5, 5.41) is 9.79. The molecule has 0 N–H and O–H groups in total. The predicted octanol–water partition coefficient (Wildman–Crippen LogP) is 6.34. The zero-order valence-corrected chi connectivity index (χ0v) is 29.7. The van der Waals surface area contributed by atoms with Crippen LogP contribution >= 0.6 is 11.3 Å². The summed E-state index contributed by atoms with van der Waals surface area (Å²) in [4.78, 5) is 14.8. The zero-order chi connectivity index (χ0) is 36.7. The maximum absolute atomic E-state index is 6.51. The first-order chi connectivity index (χ1) is 26.4. The standard InChI is InChI=1S/C45H22B5N3S/c46-37-36(38(47)40(49)41(50)39(37)48)45-52-43(23-9-2-1-3-10-23)51-44(53-45)32-16-8-15-31-34-22-25(18-20-35(34)54-42(31)32)24-17-19-30-28-13-5-4-11-26(28)27-12-6-7-14-29(27)33(30)21-24/h1-22H. The fraction of sp³-hybridized carbons (Fsp3) is 0. The Labute approximate surface area is 322 Å². The van der Waals surface area contributed by atoms with Gasteiger partial charge in [-0.15, -0.1) is 27.7 Å². The Morgan fingerprint density at radius 3 is 1.52 bits per heavy atom. The molecule has 3 nitrogen and oxygen atoms in total. The Balaban J connectivity index is 1.16. The van der Waals surface area contributed by atoms with Crippen LogP contribution in [0.3, 0.4) is 0 Å². The Hall–Kier alpha value is -5.91. The van der Waals surface area contributed by atoms with Crippen LogP contribution in [0.2, 0.25) is 0 Å². The number of hydrogen-bond donors (Lipinski definition) is 0. The molecule has 8 aromatic carbocycles. The van der Waals surface area contributed by atoms with Crippen molar-refractivity contribution in [2.45, 2.75) is 0 Å². The molecule has 54 heavy (non-hydrogen) atoms. The average Bonchev–Trinajstić information content (AvgIpc) is 3.61. The summed E-state index contributed by atoms with van der Waals surface area (Å²) in [6.45, 7) is 0. The van der Waals surface area contributed by atoms with Gasteiger partial charge < -0.3 is 0 Å². The van der Waals surface area contributed by atoms with Crippen molar-refractivity contribution in [1.82, 2.24) is 15.0 Å². The Morgan fingerprint density at radius 1 is 0.352 bits per heavy atom. The number of nitrogens with zero attached hydrogens (tertiary/aromatic N) is 3. The second-order valence-corrected chi connectivity index (χ2v) is 14.5. The van der Waals surface area contributed by atoms with Crippen molar-refractivity contribution >= 4 is 130 Å². The number of rotatable bonds is 4. The number of thiophene rings is 1. The van der Waals surface area contributed by atoms with Crippen molar-refractivity contribution in [3.8, 4) is 45.3 Å². The summed E-state index contributed by atoms with van der Waals surface area (Å²) in [5.41, 5.74) is 5.02. The third-order valence-electron chi connectivity index (χ3n) is 10.4. The fourth-order valence-electron chi connectivity index (χ4n) is 7.66. The molecule has 10 rings (SSSR count). The van der Waals surface area contributed by atoms with Gasteiger partial charge in [-0.3, -0.25) is 0 Å². The highest BCUT2D eigenvalue weighted by Gasteiger charge is 2.20. The first-order valence-electron chi connectivity index (χ1n) is 17.5. The van der Waals surface area contributed by atoms with Gasteiger partial charge in [0.1, 0.15) is 39.2 Å². The molecule has 2 aromatic heterocycles. The minimum Gasteiger partial charge on any atom is -0.208 e. The Bertz CT molecular complexity index is 3120. The van der Waals surface area contributed by atoms with Crippen LogP contribution in [0.1, 0.15) is 0 Å². The van der Waals surface area contributed by atoms with Crippen LogP contribution < -0.4 is 27.3 Å². The van der Waals surface area contributed by atoms with E-state index in [-0.39, 0.29) is 33.1 Å². The Morgan fingerprint density at radius 2 is 0.852 bits per heavy atom. The molecular weight excluding hydrogens is 669 g/mol. The number of fused-ring (bicyclic) bond motifs is 9. The van der Waals surface area contributed by atoms with Crippen LogP contribution in [0, 0.1) is 0 Å². The van der Waals surface area contributed by atoms with Crippen LogP contribution in [-0.4, -0.2) is 54.2 Å². The monoisotopic (exact) mass is 691 g/mol. The lowest BCUT2D eigenvalue weighted by atomic mass is 9.60. The molecule has 0 unspecified atom stereocenters. The van der Waals surface area contributed by atoms with Crippen molar-refractivity contribution in [2.75, 3.05) is 0 Å². The maximum atomic E-state index is 6.51. The third kappa shape index (κ3) is 5.06. The molecule has 0 atom stereocenters. The van der Waals surface area contributed by atoms with E-state index in [9.17, 15) is 0 Å². The molecule has 0 saturated carbocycles. The predicted molar refractivity (Wildman–Crippen MR) is 234 cm³/mol. The van der Waals surface area contributed by atoms with Crippen molar-refractivity contribution < 1.29 is 0 Å². The van der Waals surface area contributed by atoms with Gasteiger partial charge in [0.2, 0.25) is 0 Å². The van der Waals surface area contributed by atoms with Gasteiger partial charge >= 0.3 is 0 Å². The van der Waals surface area contributed by atoms with E-state index in [1.165, 1.54) is 32.3 Å². The SMILES string of the molecule is [B]c1c([B])c([B])c(-c2nc(-c3ccccc3)nc(-c3cccc4c3sc3ccc(-c5ccc6c7ccccc7c7ccccc7c6c5)cc34)n2)c([B])c1[B]. The van der Waals surface area contributed by atoms with Gasteiger partial charge in [0.05, 0.1) is 0 Å². The van der Waals surface area contributed by atoms with E-state index in [1.807, 2.05) is 42.5 Å². The normalized spacial score (nSPS) is 11.7. The van der Waals surface area contributed by atoms with Crippen LogP contribution in [0.15, 0.2) is 133 Å². The van der Waals surface area contributed by atoms with Crippen LogP contribution in [0.4, 0.5) is 0 Å². The van der Waals surface area contributed by atoms with E-state index in [4.69, 9.17) is 54.2 Å². The van der Waals surface area contributed by atoms with Crippen molar-refractivity contribution in [1.29, 1.82) is 0 Å². The van der Waals surface area contributed by atoms with Gasteiger partial charge in [0, 0.05) is 36.9 Å². The summed E-state index contributed by atoms with van der Waals surface area (Å²) in [5.74, 6) is 1.18. The average molecular weight is 691 g/mol. The quantitative estimate of drug-likeness (QED) is 0.160. The summed E-state index contributed by atoms with van der Waals surface area (Å²) in [6.07, 6.45) is 0. The minimum absolute atomic E-state index is 0.131.